The van der Waals surface area contributed by atoms with E-state index in [9.17, 15) is 32.4 Å². The highest BCUT2D eigenvalue weighted by atomic mass is 35.5. The molecule has 316 valence electrons. The van der Waals surface area contributed by atoms with Crippen molar-refractivity contribution in [3.63, 3.8) is 0 Å². The number of likely N-dealkylation sites (N-methyl/N-ethyl adjacent to an activating group) is 1. The summed E-state index contributed by atoms with van der Waals surface area (Å²) in [5.41, 5.74) is 0.500. The van der Waals surface area contributed by atoms with Gasteiger partial charge in [-0.2, -0.15) is 4.98 Å². The van der Waals surface area contributed by atoms with Gasteiger partial charge in [0.2, 0.25) is 11.9 Å². The number of ether oxygens (including phenoxy) is 1. The fourth-order valence-corrected chi connectivity index (χ4v) is 8.85. The van der Waals surface area contributed by atoms with Crippen molar-refractivity contribution in [2.75, 3.05) is 50.5 Å². The Morgan fingerprint density at radius 3 is 2.54 bits per heavy atom. The van der Waals surface area contributed by atoms with Crippen molar-refractivity contribution in [3.8, 4) is 5.75 Å². The van der Waals surface area contributed by atoms with Gasteiger partial charge in [0, 0.05) is 32.6 Å². The minimum absolute atomic E-state index is 0.00778. The maximum absolute atomic E-state index is 13.3. The van der Waals surface area contributed by atoms with E-state index in [2.05, 4.69) is 30.8 Å². The molecular weight excluding hydrogens is 800 g/mol. The molecule has 2 atom stereocenters. The zero-order valence-corrected chi connectivity index (χ0v) is 35.1. The molecule has 3 aromatic rings. The number of benzene rings is 2. The number of hydrogen-bond donors (Lipinski definition) is 3. The molecule has 18 heteroatoms. The smallest absolute Gasteiger partial charge is 0.266 e. The van der Waals surface area contributed by atoms with Crippen molar-refractivity contribution in [2.45, 2.75) is 93.9 Å². The number of halogens is 1. The van der Waals surface area contributed by atoms with Gasteiger partial charge in [0.15, 0.2) is 22.3 Å². The summed E-state index contributed by atoms with van der Waals surface area (Å²) in [6.07, 6.45) is 8.46. The number of nitrogens with zero attached hydrogens (tertiary/aromatic N) is 5. The molecule has 0 spiro atoms. The van der Waals surface area contributed by atoms with E-state index in [1.807, 2.05) is 0 Å². The van der Waals surface area contributed by atoms with Crippen LogP contribution in [0.5, 0.6) is 5.75 Å². The normalized spacial score (nSPS) is 18.7. The van der Waals surface area contributed by atoms with E-state index >= 15 is 0 Å². The second kappa shape index (κ2) is 19.3. The predicted molar refractivity (Wildman–Crippen MR) is 222 cm³/mol. The van der Waals surface area contributed by atoms with Gasteiger partial charge in [-0.25, -0.2) is 13.4 Å². The largest absolute Gasteiger partial charge is 0.483 e. The Kier molecular flexibility index (Phi) is 14.2. The third kappa shape index (κ3) is 10.2. The number of carbonyl (C=O) groups excluding carboxylic acids is 5. The second-order valence-corrected chi connectivity index (χ2v) is 18.2. The van der Waals surface area contributed by atoms with Crippen LogP contribution in [0.25, 0.3) is 0 Å². The maximum Gasteiger partial charge on any atom is 0.266 e. The number of nitrogens with one attached hydrogen (secondary N) is 3. The van der Waals surface area contributed by atoms with Crippen molar-refractivity contribution in [1.29, 1.82) is 0 Å². The van der Waals surface area contributed by atoms with Crippen LogP contribution >= 0.6 is 11.6 Å². The van der Waals surface area contributed by atoms with Gasteiger partial charge < -0.3 is 25.6 Å². The standard InChI is InChI=1S/C41H51ClN8O8S/c1-26(2)59(56,57)33-17-8-7-15-30(33)46-37-29(42)23-44-41(47-37)45-27-13-12-22-49(24-27)21-10-6-4-5-9-20-43-34(51)25-58-32-16-11-14-28-36(32)40(55)50(38(28)53)31-18-19-35(52)48(3)39(31)54/h7-8,11,14-17,23,26-27,31H,4-6,9-10,12-13,18-22,24-25H2,1-3H3,(H,43,51)(H2,44,45,46,47). The molecule has 3 aliphatic heterocycles. The van der Waals surface area contributed by atoms with Gasteiger partial charge in [0.05, 0.1) is 33.2 Å². The molecule has 2 saturated heterocycles. The third-order valence-corrected chi connectivity index (χ3v) is 13.3. The highest BCUT2D eigenvalue weighted by molar-refractivity contribution is 7.92. The average molecular weight is 851 g/mol. The first-order chi connectivity index (χ1) is 28.3. The molecule has 0 bridgehead atoms. The summed E-state index contributed by atoms with van der Waals surface area (Å²) in [6, 6.07) is 10.3. The van der Waals surface area contributed by atoms with E-state index in [0.717, 1.165) is 74.4 Å². The Morgan fingerprint density at radius 1 is 0.983 bits per heavy atom. The molecule has 16 nitrogen and oxygen atoms in total. The van der Waals surface area contributed by atoms with Crippen LogP contribution in [0.4, 0.5) is 17.5 Å². The molecule has 0 radical (unpaired) electrons. The molecule has 2 fully saturated rings. The molecule has 59 heavy (non-hydrogen) atoms. The van der Waals surface area contributed by atoms with E-state index < -0.39 is 38.9 Å². The summed E-state index contributed by atoms with van der Waals surface area (Å²) in [7, 11) is -2.21. The lowest BCUT2D eigenvalue weighted by Crippen LogP contribution is -2.54. The fourth-order valence-electron chi connectivity index (χ4n) is 7.51. The molecule has 2 unspecified atom stereocenters. The molecular formula is C41H51ClN8O8S. The number of para-hydroxylation sites is 1. The first-order valence-electron chi connectivity index (χ1n) is 20.1. The third-order valence-electron chi connectivity index (χ3n) is 10.8. The van der Waals surface area contributed by atoms with Gasteiger partial charge >= 0.3 is 0 Å². The van der Waals surface area contributed by atoms with Crippen molar-refractivity contribution >= 4 is 68.4 Å². The number of piperidine rings is 2. The zero-order valence-electron chi connectivity index (χ0n) is 33.5. The molecule has 1 aromatic heterocycles. The van der Waals surface area contributed by atoms with Gasteiger partial charge in [-0.05, 0) is 83.3 Å². The minimum Gasteiger partial charge on any atom is -0.483 e. The molecule has 0 aliphatic carbocycles. The van der Waals surface area contributed by atoms with Gasteiger partial charge in [-0.3, -0.25) is 33.8 Å². The van der Waals surface area contributed by atoms with Crippen LogP contribution in [-0.2, 0) is 24.2 Å². The molecule has 3 N–H and O–H groups in total. The Morgan fingerprint density at radius 2 is 1.75 bits per heavy atom. The molecule has 2 aromatic carbocycles. The Hall–Kier alpha value is -5.13. The van der Waals surface area contributed by atoms with Crippen molar-refractivity contribution in [1.82, 2.24) is 30.0 Å². The number of amides is 5. The fraction of sp³-hybridized carbons (Fsp3) is 0.488. The lowest BCUT2D eigenvalue weighted by Gasteiger charge is -2.33. The summed E-state index contributed by atoms with van der Waals surface area (Å²) in [6.45, 7) is 6.23. The van der Waals surface area contributed by atoms with Crippen LogP contribution in [0.2, 0.25) is 5.02 Å². The van der Waals surface area contributed by atoms with Crippen molar-refractivity contribution < 1.29 is 37.1 Å². The van der Waals surface area contributed by atoms with E-state index in [1.165, 1.54) is 25.4 Å². The minimum atomic E-state index is -3.54. The SMILES string of the molecule is CC(C)S(=O)(=O)c1ccccc1Nc1nc(NC2CCCN(CCCCCCCNC(=O)COc3cccc4c3C(=O)N(C3CCC(=O)N(C)C3=O)C4=O)C2)ncc1Cl. The molecule has 0 saturated carbocycles. The Balaban J connectivity index is 0.875. The second-order valence-electron chi connectivity index (χ2n) is 15.3. The predicted octanol–water partition coefficient (Wildman–Crippen LogP) is 4.82. The number of anilines is 3. The van der Waals surface area contributed by atoms with Crippen LogP contribution in [-0.4, -0.2) is 120 Å². The average Bonchev–Trinajstić information content (AvgIpc) is 3.47. The maximum atomic E-state index is 13.3. The summed E-state index contributed by atoms with van der Waals surface area (Å²) < 4.78 is 31.6. The van der Waals surface area contributed by atoms with Gasteiger partial charge in [0.1, 0.15) is 16.8 Å². The highest BCUT2D eigenvalue weighted by Crippen LogP contribution is 2.35. The number of likely N-dealkylation sites (tertiary alicyclic amines) is 2. The number of sulfone groups is 1. The highest BCUT2D eigenvalue weighted by Gasteiger charge is 2.47. The number of carbonyl (C=O) groups is 5. The number of imide groups is 2. The number of aromatic nitrogens is 2. The number of rotatable bonds is 18. The van der Waals surface area contributed by atoms with E-state index in [-0.39, 0.29) is 64.1 Å². The van der Waals surface area contributed by atoms with Crippen LogP contribution < -0.4 is 20.7 Å². The summed E-state index contributed by atoms with van der Waals surface area (Å²) in [5.74, 6) is -1.83. The number of hydrogen-bond acceptors (Lipinski definition) is 13. The Bertz CT molecular complexity index is 2190. The summed E-state index contributed by atoms with van der Waals surface area (Å²) in [5, 5.41) is 9.07. The molecule has 4 heterocycles. The number of fused-ring (bicyclic) bond motifs is 1. The van der Waals surface area contributed by atoms with Gasteiger partial charge in [0.25, 0.3) is 23.6 Å². The number of unbranched alkanes of at least 4 members (excludes halogenated alkanes) is 4. The van der Waals surface area contributed by atoms with E-state index in [0.29, 0.717) is 24.0 Å². The van der Waals surface area contributed by atoms with Crippen molar-refractivity contribution in [2.24, 2.45) is 0 Å². The van der Waals surface area contributed by atoms with E-state index in [1.54, 1.807) is 44.2 Å². The van der Waals surface area contributed by atoms with Gasteiger partial charge in [-0.15, -0.1) is 0 Å². The summed E-state index contributed by atoms with van der Waals surface area (Å²) in [4.78, 5) is 77.1. The summed E-state index contributed by atoms with van der Waals surface area (Å²) >= 11 is 6.42. The van der Waals surface area contributed by atoms with Crippen LogP contribution in [0.1, 0.15) is 92.4 Å². The molecule has 6 rings (SSSR count). The molecule has 5 amide bonds. The lowest BCUT2D eigenvalue weighted by molar-refractivity contribution is -0.149. The topological polar surface area (TPSA) is 200 Å². The first kappa shape index (κ1) is 43.4. The van der Waals surface area contributed by atoms with Crippen molar-refractivity contribution in [3.05, 3.63) is 64.8 Å². The molecule has 3 aliphatic rings. The zero-order chi connectivity index (χ0) is 42.3. The van der Waals surface area contributed by atoms with Crippen LogP contribution in [0, 0.1) is 0 Å². The monoisotopic (exact) mass is 850 g/mol. The lowest BCUT2D eigenvalue weighted by atomic mass is 10.0. The van der Waals surface area contributed by atoms with Gasteiger partial charge in [-0.1, -0.05) is 49.1 Å². The quantitative estimate of drug-likeness (QED) is 0.116. The van der Waals surface area contributed by atoms with Crippen LogP contribution in [0.15, 0.2) is 53.6 Å². The first-order valence-corrected chi connectivity index (χ1v) is 22.0. The van der Waals surface area contributed by atoms with Crippen LogP contribution in [0.3, 0.4) is 0 Å². The van der Waals surface area contributed by atoms with E-state index in [4.69, 9.17) is 16.3 Å². The Labute approximate surface area is 349 Å².